The van der Waals surface area contributed by atoms with Gasteiger partial charge in [0, 0.05) is 35.6 Å². The van der Waals surface area contributed by atoms with Crippen molar-refractivity contribution in [2.24, 2.45) is 0 Å². The molecule has 0 fully saturated rings. The van der Waals surface area contributed by atoms with Gasteiger partial charge < -0.3 is 9.72 Å². The van der Waals surface area contributed by atoms with Gasteiger partial charge in [0.25, 0.3) is 10.0 Å². The minimum atomic E-state index is -3.97. The van der Waals surface area contributed by atoms with Gasteiger partial charge in [0.1, 0.15) is 0 Å². The van der Waals surface area contributed by atoms with Crippen LogP contribution in [-0.4, -0.2) is 20.5 Å². The summed E-state index contributed by atoms with van der Waals surface area (Å²) in [5, 5.41) is 0. The van der Waals surface area contributed by atoms with Gasteiger partial charge in [-0.3, -0.25) is 9.52 Å². The van der Waals surface area contributed by atoms with Gasteiger partial charge >= 0.3 is 0 Å². The topological polar surface area (TPSA) is 88.3 Å². The third-order valence-corrected chi connectivity index (χ3v) is 4.86. The molecular formula is C13H13BrN2O4S. The van der Waals surface area contributed by atoms with Crippen LogP contribution in [-0.2, 0) is 21.4 Å². The maximum absolute atomic E-state index is 12.3. The highest BCUT2D eigenvalue weighted by atomic mass is 79.9. The number of benzene rings is 1. The summed E-state index contributed by atoms with van der Waals surface area (Å²) >= 11 is 3.34. The molecular weight excluding hydrogens is 360 g/mol. The molecule has 0 unspecified atom stereocenters. The molecule has 2 aromatic rings. The number of H-pyrrole nitrogens is 1. The molecule has 0 aliphatic rings. The molecule has 21 heavy (non-hydrogen) atoms. The third kappa shape index (κ3) is 3.52. The molecule has 1 aromatic heterocycles. The van der Waals surface area contributed by atoms with E-state index in [1.807, 2.05) is 0 Å². The van der Waals surface area contributed by atoms with E-state index >= 15 is 0 Å². The molecule has 0 bridgehead atoms. The first-order chi connectivity index (χ1) is 9.95. The maximum Gasteiger partial charge on any atom is 0.267 e. The standard InChI is InChI=1S/C13H13BrN2O4S/c1-20-8-9-10(14)3-2-4-11(9)16-21(18,19)13-7-15-6-5-12(13)17/h2-7,16H,8H2,1H3,(H,15,17). The summed E-state index contributed by atoms with van der Waals surface area (Å²) in [5.41, 5.74) is 0.426. The van der Waals surface area contributed by atoms with Crippen molar-refractivity contribution < 1.29 is 13.2 Å². The molecule has 0 saturated heterocycles. The van der Waals surface area contributed by atoms with E-state index in [2.05, 4.69) is 25.6 Å². The highest BCUT2D eigenvalue weighted by molar-refractivity contribution is 9.10. The molecule has 0 aliphatic heterocycles. The zero-order valence-electron chi connectivity index (χ0n) is 11.1. The largest absolute Gasteiger partial charge is 0.380 e. The molecule has 2 rings (SSSR count). The maximum atomic E-state index is 12.3. The molecule has 6 nitrogen and oxygen atoms in total. The Morgan fingerprint density at radius 3 is 2.76 bits per heavy atom. The number of rotatable bonds is 5. The Kier molecular flexibility index (Phi) is 4.81. The van der Waals surface area contributed by atoms with Gasteiger partial charge in [-0.2, -0.15) is 0 Å². The number of pyridine rings is 1. The minimum absolute atomic E-state index is 0.227. The predicted molar refractivity (Wildman–Crippen MR) is 82.7 cm³/mol. The van der Waals surface area contributed by atoms with Crippen LogP contribution in [0.5, 0.6) is 0 Å². The first kappa shape index (κ1) is 15.7. The lowest BCUT2D eigenvalue weighted by Gasteiger charge is -2.13. The van der Waals surface area contributed by atoms with E-state index in [0.717, 1.165) is 12.3 Å². The van der Waals surface area contributed by atoms with Crippen molar-refractivity contribution in [3.63, 3.8) is 0 Å². The van der Waals surface area contributed by atoms with Crippen molar-refractivity contribution in [1.82, 2.24) is 4.98 Å². The van der Waals surface area contributed by atoms with Crippen LogP contribution in [0.3, 0.4) is 0 Å². The molecule has 8 heteroatoms. The molecule has 0 radical (unpaired) electrons. The minimum Gasteiger partial charge on any atom is -0.380 e. The number of methoxy groups -OCH3 is 1. The van der Waals surface area contributed by atoms with Gasteiger partial charge in [-0.25, -0.2) is 8.42 Å². The second-order valence-electron chi connectivity index (χ2n) is 4.18. The van der Waals surface area contributed by atoms with Crippen LogP contribution >= 0.6 is 15.9 Å². The fourth-order valence-electron chi connectivity index (χ4n) is 1.76. The summed E-state index contributed by atoms with van der Waals surface area (Å²) in [4.78, 5) is 13.9. The van der Waals surface area contributed by atoms with Crippen molar-refractivity contribution in [3.05, 3.63) is 56.9 Å². The number of halogens is 1. The number of aromatic nitrogens is 1. The van der Waals surface area contributed by atoms with E-state index in [-0.39, 0.29) is 11.5 Å². The van der Waals surface area contributed by atoms with Gasteiger partial charge in [0.2, 0.25) is 5.43 Å². The number of aromatic amines is 1. The molecule has 1 aromatic carbocycles. The van der Waals surface area contributed by atoms with E-state index in [1.165, 1.54) is 13.3 Å². The SMILES string of the molecule is COCc1c(Br)cccc1NS(=O)(=O)c1c[nH]ccc1=O. The van der Waals surface area contributed by atoms with Crippen molar-refractivity contribution in [1.29, 1.82) is 0 Å². The Labute approximate surface area is 130 Å². The Bertz CT molecular complexity index is 802. The first-order valence-electron chi connectivity index (χ1n) is 5.92. The molecule has 0 spiro atoms. The molecule has 1 heterocycles. The van der Waals surface area contributed by atoms with Gasteiger partial charge in [-0.15, -0.1) is 0 Å². The lowest BCUT2D eigenvalue weighted by molar-refractivity contribution is 0.185. The fourth-order valence-corrected chi connectivity index (χ4v) is 3.38. The van der Waals surface area contributed by atoms with E-state index in [9.17, 15) is 13.2 Å². The smallest absolute Gasteiger partial charge is 0.267 e. The highest BCUT2D eigenvalue weighted by Gasteiger charge is 2.19. The number of hydrogen-bond acceptors (Lipinski definition) is 4. The number of sulfonamides is 1. The average molecular weight is 373 g/mol. The summed E-state index contributed by atoms with van der Waals surface area (Å²) in [7, 11) is -2.46. The van der Waals surface area contributed by atoms with Gasteiger partial charge in [-0.1, -0.05) is 22.0 Å². The Hall–Kier alpha value is -1.64. The number of nitrogens with one attached hydrogen (secondary N) is 2. The molecule has 0 saturated carbocycles. The Morgan fingerprint density at radius 2 is 2.10 bits per heavy atom. The summed E-state index contributed by atoms with van der Waals surface area (Å²) < 4.78 is 32.8. The van der Waals surface area contributed by atoms with E-state index in [1.54, 1.807) is 18.2 Å². The van der Waals surface area contributed by atoms with Gasteiger partial charge in [0.05, 0.1) is 12.3 Å². The van der Waals surface area contributed by atoms with Crippen molar-refractivity contribution in [2.75, 3.05) is 11.8 Å². The van der Waals surface area contributed by atoms with Gasteiger partial charge in [0.15, 0.2) is 4.90 Å². The first-order valence-corrected chi connectivity index (χ1v) is 8.19. The fraction of sp³-hybridized carbons (Fsp3) is 0.154. The zero-order valence-corrected chi connectivity index (χ0v) is 13.5. The number of anilines is 1. The lowest BCUT2D eigenvalue weighted by atomic mass is 10.2. The average Bonchev–Trinajstić information content (AvgIpc) is 2.43. The molecule has 0 aliphatic carbocycles. The van der Waals surface area contributed by atoms with Crippen LogP contribution in [0.4, 0.5) is 5.69 Å². The molecule has 112 valence electrons. The van der Waals surface area contributed by atoms with Crippen molar-refractivity contribution in [2.45, 2.75) is 11.5 Å². The second kappa shape index (κ2) is 6.42. The lowest BCUT2D eigenvalue weighted by Crippen LogP contribution is -2.21. The summed E-state index contributed by atoms with van der Waals surface area (Å²) in [6.07, 6.45) is 2.52. The zero-order chi connectivity index (χ0) is 15.5. The normalized spacial score (nSPS) is 11.3. The van der Waals surface area contributed by atoms with Crippen LogP contribution < -0.4 is 10.2 Å². The number of hydrogen-bond donors (Lipinski definition) is 2. The van der Waals surface area contributed by atoms with E-state index < -0.39 is 15.5 Å². The quantitative estimate of drug-likeness (QED) is 0.840. The monoisotopic (exact) mass is 372 g/mol. The third-order valence-electron chi connectivity index (χ3n) is 2.73. The van der Waals surface area contributed by atoms with Crippen LogP contribution in [0.15, 0.2) is 50.8 Å². The Morgan fingerprint density at radius 1 is 1.33 bits per heavy atom. The van der Waals surface area contributed by atoms with Gasteiger partial charge in [-0.05, 0) is 12.1 Å². The predicted octanol–water partition coefficient (Wildman–Crippen LogP) is 2.08. The van der Waals surface area contributed by atoms with Crippen molar-refractivity contribution >= 4 is 31.6 Å². The number of ether oxygens (including phenoxy) is 1. The van der Waals surface area contributed by atoms with E-state index in [0.29, 0.717) is 15.7 Å². The van der Waals surface area contributed by atoms with Crippen molar-refractivity contribution in [3.8, 4) is 0 Å². The molecule has 2 N–H and O–H groups in total. The molecule has 0 amide bonds. The summed E-state index contributed by atoms with van der Waals surface area (Å²) in [5.74, 6) is 0. The molecule has 0 atom stereocenters. The van der Waals surface area contributed by atoms with Crippen LogP contribution in [0.1, 0.15) is 5.56 Å². The van der Waals surface area contributed by atoms with Crippen LogP contribution in [0.2, 0.25) is 0 Å². The highest BCUT2D eigenvalue weighted by Crippen LogP contribution is 2.27. The van der Waals surface area contributed by atoms with Crippen LogP contribution in [0, 0.1) is 0 Å². The van der Waals surface area contributed by atoms with E-state index in [4.69, 9.17) is 4.74 Å². The second-order valence-corrected chi connectivity index (χ2v) is 6.68. The summed E-state index contributed by atoms with van der Waals surface area (Å²) in [6, 6.07) is 6.23. The van der Waals surface area contributed by atoms with Crippen LogP contribution in [0.25, 0.3) is 0 Å². The Balaban J connectivity index is 2.45. The summed E-state index contributed by atoms with van der Waals surface area (Å²) in [6.45, 7) is 0.227.